The monoisotopic (exact) mass is 389 g/mol. The average Bonchev–Trinajstić information content (AvgIpc) is 3.02. The maximum atomic E-state index is 6.77. The third-order valence-electron chi connectivity index (χ3n) is 5.26. The Labute approximate surface area is 165 Å². The Morgan fingerprint density at radius 1 is 1.21 bits per heavy atom. The zero-order valence-corrected chi connectivity index (χ0v) is 17.6. The molecule has 2 bridgehead atoms. The van der Waals surface area contributed by atoms with Gasteiger partial charge in [0.2, 0.25) is 0 Å². The number of rotatable bonds is 3. The molecule has 2 aromatic heterocycles. The topological polar surface area (TPSA) is 97.3 Å². The van der Waals surface area contributed by atoms with E-state index in [4.69, 9.17) is 19.9 Å². The molecule has 2 aliphatic rings. The van der Waals surface area contributed by atoms with Gasteiger partial charge in [0.05, 0.1) is 18.5 Å². The van der Waals surface area contributed by atoms with Crippen LogP contribution in [0.2, 0.25) is 0 Å². The SMILES string of the molecule is CC(C)(C)C[C@@]12CCOC([C@H](n3cnc4c(N)ncnc43)O1)[C@H]2OC(C)(C)C. The number of hydrogen-bond donors (Lipinski definition) is 1. The molecule has 8 heteroatoms. The van der Waals surface area contributed by atoms with Gasteiger partial charge in [0, 0.05) is 6.42 Å². The van der Waals surface area contributed by atoms with E-state index in [1.807, 2.05) is 4.57 Å². The number of nitrogen functional groups attached to an aromatic ring is 1. The Morgan fingerprint density at radius 3 is 2.64 bits per heavy atom. The van der Waals surface area contributed by atoms with Crippen LogP contribution in [0.1, 0.15) is 60.6 Å². The van der Waals surface area contributed by atoms with Crippen LogP contribution in [0.15, 0.2) is 12.7 Å². The van der Waals surface area contributed by atoms with Crippen LogP contribution in [-0.4, -0.2) is 49.5 Å². The van der Waals surface area contributed by atoms with E-state index >= 15 is 0 Å². The van der Waals surface area contributed by atoms with Crippen LogP contribution in [0.25, 0.3) is 11.2 Å². The standard InChI is InChI=1S/C20H31N5O3/c1-18(2,3)9-20-7-8-26-13(14(20)27-19(4,5)6)17(28-20)25-11-24-12-15(21)22-10-23-16(12)25/h10-11,13-14,17H,7-9H2,1-6H3,(H2,21,22,23)/t13?,14-,17-,20-/m1/s1. The van der Waals surface area contributed by atoms with Gasteiger partial charge in [0.15, 0.2) is 17.7 Å². The predicted molar refractivity (Wildman–Crippen MR) is 106 cm³/mol. The summed E-state index contributed by atoms with van der Waals surface area (Å²) in [6.45, 7) is 13.6. The van der Waals surface area contributed by atoms with Crippen LogP contribution >= 0.6 is 0 Å². The number of nitrogens with two attached hydrogens (primary N) is 1. The molecule has 4 atom stereocenters. The molecule has 4 heterocycles. The Hall–Kier alpha value is -1.77. The normalized spacial score (nSPS) is 30.9. The molecule has 4 rings (SSSR count). The molecule has 2 N–H and O–H groups in total. The van der Waals surface area contributed by atoms with Gasteiger partial charge in [-0.15, -0.1) is 0 Å². The second kappa shape index (κ2) is 6.37. The number of aromatic nitrogens is 4. The molecule has 0 amide bonds. The number of anilines is 1. The van der Waals surface area contributed by atoms with E-state index < -0.39 is 5.60 Å². The maximum absolute atomic E-state index is 6.77. The van der Waals surface area contributed by atoms with Crippen molar-refractivity contribution in [3.05, 3.63) is 12.7 Å². The first-order valence-corrected chi connectivity index (χ1v) is 9.89. The van der Waals surface area contributed by atoms with E-state index in [-0.39, 0.29) is 29.5 Å². The molecule has 0 aliphatic carbocycles. The zero-order valence-electron chi connectivity index (χ0n) is 17.6. The Bertz CT molecular complexity index is 869. The van der Waals surface area contributed by atoms with Crippen molar-refractivity contribution >= 4 is 17.0 Å². The Balaban J connectivity index is 1.78. The lowest BCUT2D eigenvalue weighted by molar-refractivity contribution is -0.195. The van der Waals surface area contributed by atoms with E-state index in [1.165, 1.54) is 6.33 Å². The first kappa shape index (κ1) is 19.5. The van der Waals surface area contributed by atoms with Gasteiger partial charge in [-0.05, 0) is 32.6 Å². The molecular formula is C20H31N5O3. The first-order valence-electron chi connectivity index (χ1n) is 9.89. The molecule has 2 aromatic rings. The van der Waals surface area contributed by atoms with Gasteiger partial charge < -0.3 is 19.9 Å². The summed E-state index contributed by atoms with van der Waals surface area (Å²) in [5.74, 6) is 0.359. The van der Waals surface area contributed by atoms with Gasteiger partial charge in [-0.25, -0.2) is 15.0 Å². The predicted octanol–water partition coefficient (Wildman–Crippen LogP) is 3.08. The highest BCUT2D eigenvalue weighted by molar-refractivity contribution is 5.81. The lowest BCUT2D eigenvalue weighted by Crippen LogP contribution is -2.54. The van der Waals surface area contributed by atoms with Gasteiger partial charge in [-0.2, -0.15) is 0 Å². The molecule has 2 aliphatic heterocycles. The van der Waals surface area contributed by atoms with Crippen molar-refractivity contribution < 1.29 is 14.2 Å². The summed E-state index contributed by atoms with van der Waals surface area (Å²) in [6, 6.07) is 0. The van der Waals surface area contributed by atoms with E-state index in [2.05, 4.69) is 56.5 Å². The van der Waals surface area contributed by atoms with Gasteiger partial charge in [0.1, 0.15) is 29.7 Å². The molecule has 0 saturated carbocycles. The number of hydrogen-bond acceptors (Lipinski definition) is 7. The van der Waals surface area contributed by atoms with Crippen molar-refractivity contribution in [1.29, 1.82) is 0 Å². The zero-order chi connectivity index (χ0) is 20.3. The number of imidazole rings is 1. The smallest absolute Gasteiger partial charge is 0.167 e. The average molecular weight is 390 g/mol. The van der Waals surface area contributed by atoms with Gasteiger partial charge in [0.25, 0.3) is 0 Å². The fraction of sp³-hybridized carbons (Fsp3) is 0.750. The highest BCUT2D eigenvalue weighted by Crippen LogP contribution is 2.52. The van der Waals surface area contributed by atoms with Crippen molar-refractivity contribution in [2.75, 3.05) is 12.3 Å². The van der Waals surface area contributed by atoms with Gasteiger partial charge >= 0.3 is 0 Å². The fourth-order valence-electron chi connectivity index (χ4n) is 4.52. The van der Waals surface area contributed by atoms with Gasteiger partial charge in [-0.3, -0.25) is 4.57 Å². The number of nitrogens with zero attached hydrogens (tertiary/aromatic N) is 4. The van der Waals surface area contributed by atoms with Crippen molar-refractivity contribution in [1.82, 2.24) is 19.5 Å². The van der Waals surface area contributed by atoms with E-state index in [0.29, 0.717) is 23.6 Å². The highest BCUT2D eigenvalue weighted by Gasteiger charge is 2.61. The van der Waals surface area contributed by atoms with Crippen molar-refractivity contribution in [3.8, 4) is 0 Å². The summed E-state index contributed by atoms with van der Waals surface area (Å²) >= 11 is 0. The molecular weight excluding hydrogens is 358 g/mol. The minimum atomic E-state index is -0.422. The summed E-state index contributed by atoms with van der Waals surface area (Å²) in [5.41, 5.74) is 6.54. The molecule has 8 nitrogen and oxygen atoms in total. The lowest BCUT2D eigenvalue weighted by atomic mass is 9.76. The summed E-state index contributed by atoms with van der Waals surface area (Å²) in [6.07, 6.45) is 4.03. The molecule has 28 heavy (non-hydrogen) atoms. The number of ether oxygens (including phenoxy) is 3. The second-order valence-corrected chi connectivity index (χ2v) is 10.1. The number of fused-ring (bicyclic) bond motifs is 3. The summed E-state index contributed by atoms with van der Waals surface area (Å²) in [5, 5.41) is 0. The Kier molecular flexibility index (Phi) is 4.44. The molecule has 0 radical (unpaired) electrons. The minimum absolute atomic E-state index is 0.0832. The Morgan fingerprint density at radius 2 is 1.96 bits per heavy atom. The van der Waals surface area contributed by atoms with Crippen LogP contribution < -0.4 is 5.73 Å². The van der Waals surface area contributed by atoms with Crippen molar-refractivity contribution in [2.24, 2.45) is 5.41 Å². The quantitative estimate of drug-likeness (QED) is 0.861. The summed E-state index contributed by atoms with van der Waals surface area (Å²) in [7, 11) is 0. The van der Waals surface area contributed by atoms with Gasteiger partial charge in [-0.1, -0.05) is 20.8 Å². The van der Waals surface area contributed by atoms with Crippen LogP contribution in [-0.2, 0) is 14.2 Å². The summed E-state index contributed by atoms with van der Waals surface area (Å²) < 4.78 is 21.4. The molecule has 2 saturated heterocycles. The molecule has 0 aromatic carbocycles. The largest absolute Gasteiger partial charge is 0.382 e. The fourth-order valence-corrected chi connectivity index (χ4v) is 4.52. The second-order valence-electron chi connectivity index (χ2n) is 10.1. The van der Waals surface area contributed by atoms with Crippen molar-refractivity contribution in [3.63, 3.8) is 0 Å². The lowest BCUT2D eigenvalue weighted by Gasteiger charge is -2.44. The van der Waals surface area contributed by atoms with Crippen LogP contribution in [0, 0.1) is 5.41 Å². The first-order chi connectivity index (χ1) is 13.0. The molecule has 1 unspecified atom stereocenters. The third-order valence-corrected chi connectivity index (χ3v) is 5.26. The van der Waals surface area contributed by atoms with Crippen molar-refractivity contribution in [2.45, 2.75) is 84.0 Å². The summed E-state index contributed by atoms with van der Waals surface area (Å²) in [4.78, 5) is 12.8. The maximum Gasteiger partial charge on any atom is 0.167 e. The van der Waals surface area contributed by atoms with E-state index in [1.54, 1.807) is 6.33 Å². The van der Waals surface area contributed by atoms with Crippen LogP contribution in [0.3, 0.4) is 0 Å². The van der Waals surface area contributed by atoms with E-state index in [0.717, 1.165) is 12.8 Å². The molecule has 0 spiro atoms. The highest BCUT2D eigenvalue weighted by atomic mass is 16.6. The third kappa shape index (κ3) is 3.38. The van der Waals surface area contributed by atoms with Crippen LogP contribution in [0.5, 0.6) is 0 Å². The van der Waals surface area contributed by atoms with Crippen LogP contribution in [0.4, 0.5) is 5.82 Å². The minimum Gasteiger partial charge on any atom is -0.382 e. The molecule has 2 fully saturated rings. The van der Waals surface area contributed by atoms with E-state index in [9.17, 15) is 0 Å². The molecule has 154 valence electrons.